The Kier molecular flexibility index (Phi) is 5.07. The number of hydrogen-bond acceptors (Lipinski definition) is 4. The lowest BCUT2D eigenvalue weighted by Gasteiger charge is -2.25. The first-order chi connectivity index (χ1) is 7.50. The molecule has 0 bridgehead atoms. The molecule has 3 N–H and O–H groups in total. The highest BCUT2D eigenvalue weighted by Gasteiger charge is 2.36. The topological polar surface area (TPSA) is 113 Å². The van der Waals surface area contributed by atoms with E-state index < -0.39 is 30.9 Å². The molecule has 0 fully saturated rings. The van der Waals surface area contributed by atoms with Crippen LogP contribution < -0.4 is 5.32 Å². The van der Waals surface area contributed by atoms with Gasteiger partial charge in [0.25, 0.3) is 0 Å². The first-order valence-corrected chi connectivity index (χ1v) is 6.39. The third-order valence-electron chi connectivity index (χ3n) is 1.88. The molecule has 7 nitrogen and oxygen atoms in total. The van der Waals surface area contributed by atoms with Gasteiger partial charge in [-0.05, 0) is 26.8 Å². The molecular formula is C9H16NO6P. The molecule has 0 radical (unpaired) electrons. The van der Waals surface area contributed by atoms with Crippen LogP contribution in [0.2, 0.25) is 0 Å². The van der Waals surface area contributed by atoms with E-state index in [0.717, 1.165) is 13.0 Å². The number of nitrogens with one attached hydrogen (secondary N) is 1. The zero-order valence-corrected chi connectivity index (χ0v) is 10.7. The molecule has 0 aliphatic rings. The van der Waals surface area contributed by atoms with E-state index in [1.807, 2.05) is 0 Å². The van der Waals surface area contributed by atoms with Gasteiger partial charge < -0.3 is 19.8 Å². The number of carbonyl (C=O) groups excluding carboxylic acids is 2. The molecule has 0 aromatic heterocycles. The fourth-order valence-electron chi connectivity index (χ4n) is 0.781. The van der Waals surface area contributed by atoms with Gasteiger partial charge in [-0.25, -0.2) is 4.79 Å². The van der Waals surface area contributed by atoms with Crippen molar-refractivity contribution in [2.75, 3.05) is 0 Å². The van der Waals surface area contributed by atoms with E-state index in [2.05, 4.69) is 16.6 Å². The third-order valence-corrected chi connectivity index (χ3v) is 2.94. The normalized spacial score (nSPS) is 13.7. The van der Waals surface area contributed by atoms with Crippen molar-refractivity contribution in [2.45, 2.75) is 32.2 Å². The van der Waals surface area contributed by atoms with Gasteiger partial charge in [0.1, 0.15) is 5.54 Å². The lowest BCUT2D eigenvalue weighted by molar-refractivity contribution is -0.153. The van der Waals surface area contributed by atoms with Gasteiger partial charge in [0.15, 0.2) is 5.85 Å². The molecule has 17 heavy (non-hydrogen) atoms. The summed E-state index contributed by atoms with van der Waals surface area (Å²) in [5.74, 6) is -3.09. The Hall–Kier alpha value is -1.17. The maximum absolute atomic E-state index is 11.6. The molecule has 1 atom stereocenters. The second-order valence-corrected chi connectivity index (χ2v) is 5.82. The fourth-order valence-corrected chi connectivity index (χ4v) is 1.01. The molecule has 0 aliphatic heterocycles. The highest BCUT2D eigenvalue weighted by atomic mass is 31.2. The van der Waals surface area contributed by atoms with Crippen molar-refractivity contribution in [3.63, 3.8) is 0 Å². The van der Waals surface area contributed by atoms with Crippen molar-refractivity contribution in [1.82, 2.24) is 5.32 Å². The Morgan fingerprint density at radius 2 is 1.94 bits per heavy atom. The summed E-state index contributed by atoms with van der Waals surface area (Å²) >= 11 is 0. The van der Waals surface area contributed by atoms with Crippen LogP contribution in [0, 0.1) is 0 Å². The van der Waals surface area contributed by atoms with Crippen LogP contribution in [0.5, 0.6) is 0 Å². The van der Waals surface area contributed by atoms with Gasteiger partial charge in [-0.1, -0.05) is 6.58 Å². The Morgan fingerprint density at radius 1 is 1.47 bits per heavy atom. The minimum absolute atomic E-state index is 0.587. The van der Waals surface area contributed by atoms with E-state index in [-0.39, 0.29) is 0 Å². The lowest BCUT2D eigenvalue weighted by Crippen LogP contribution is -2.50. The van der Waals surface area contributed by atoms with E-state index >= 15 is 0 Å². The van der Waals surface area contributed by atoms with Gasteiger partial charge in [0.2, 0.25) is 5.91 Å². The van der Waals surface area contributed by atoms with Gasteiger partial charge in [-0.15, -0.1) is 0 Å². The number of ether oxygens (including phenoxy) is 1. The molecule has 0 rings (SSSR count). The van der Waals surface area contributed by atoms with Gasteiger partial charge in [-0.2, -0.15) is 0 Å². The zero-order valence-electron chi connectivity index (χ0n) is 9.84. The predicted molar refractivity (Wildman–Crippen MR) is 60.0 cm³/mol. The van der Waals surface area contributed by atoms with E-state index in [1.165, 1.54) is 13.8 Å². The van der Waals surface area contributed by atoms with Gasteiger partial charge in [0, 0.05) is 0 Å². The van der Waals surface area contributed by atoms with Crippen molar-refractivity contribution in [3.8, 4) is 0 Å². The number of carbonyl (C=O) groups is 2. The quantitative estimate of drug-likeness (QED) is 0.370. The van der Waals surface area contributed by atoms with Gasteiger partial charge >= 0.3 is 13.6 Å². The monoisotopic (exact) mass is 265 g/mol. The molecule has 0 saturated carbocycles. The summed E-state index contributed by atoms with van der Waals surface area (Å²) < 4.78 is 15.4. The smallest absolute Gasteiger partial charge is 0.365 e. The molecule has 1 unspecified atom stereocenters. The molecule has 0 saturated heterocycles. The summed E-state index contributed by atoms with van der Waals surface area (Å²) in [7, 11) is -4.50. The molecule has 1 amide bonds. The maximum Gasteiger partial charge on any atom is 0.365 e. The first kappa shape index (κ1) is 15.8. The standard InChI is InChI=1S/C9H16NO6P/c1-5-7(11)10-9(3,4)8(12)16-6(2)17(13,14)15/h5-6H,1H2,2-4H3,(H,10,11)(H2,13,14,15). The molecule has 0 spiro atoms. The van der Waals surface area contributed by atoms with Crippen LogP contribution in [0.25, 0.3) is 0 Å². The number of rotatable bonds is 5. The molecule has 0 heterocycles. The van der Waals surface area contributed by atoms with Crippen LogP contribution in [0.3, 0.4) is 0 Å². The summed E-state index contributed by atoms with van der Waals surface area (Å²) in [4.78, 5) is 40.1. The maximum atomic E-state index is 11.6. The average molecular weight is 265 g/mol. The largest absolute Gasteiger partial charge is 0.448 e. The minimum Gasteiger partial charge on any atom is -0.448 e. The summed E-state index contributed by atoms with van der Waals surface area (Å²) in [5.41, 5.74) is -1.39. The van der Waals surface area contributed by atoms with Crippen LogP contribution >= 0.6 is 7.60 Å². The summed E-state index contributed by atoms with van der Waals surface area (Å²) in [5, 5.41) is 2.28. The highest BCUT2D eigenvalue weighted by Crippen LogP contribution is 2.41. The molecule has 8 heteroatoms. The average Bonchev–Trinajstić information content (AvgIpc) is 2.15. The minimum atomic E-state index is -4.50. The van der Waals surface area contributed by atoms with Gasteiger partial charge in [-0.3, -0.25) is 9.36 Å². The highest BCUT2D eigenvalue weighted by molar-refractivity contribution is 7.52. The number of amides is 1. The third kappa shape index (κ3) is 5.12. The van der Waals surface area contributed by atoms with E-state index in [0.29, 0.717) is 0 Å². The predicted octanol–water partition coefficient (Wildman–Crippen LogP) is 0.134. The Morgan fingerprint density at radius 3 is 2.29 bits per heavy atom. The Balaban J connectivity index is 4.65. The van der Waals surface area contributed by atoms with Gasteiger partial charge in [0.05, 0.1) is 0 Å². The first-order valence-electron chi connectivity index (χ1n) is 4.71. The van der Waals surface area contributed by atoms with Crippen LogP contribution in [-0.4, -0.2) is 33.0 Å². The summed E-state index contributed by atoms with van der Waals surface area (Å²) in [6.07, 6.45) is 0.974. The van der Waals surface area contributed by atoms with Crippen molar-refractivity contribution in [3.05, 3.63) is 12.7 Å². The Bertz CT molecular complexity index is 372. The van der Waals surface area contributed by atoms with Crippen molar-refractivity contribution in [2.24, 2.45) is 0 Å². The molecule has 0 aromatic carbocycles. The molecule has 0 aromatic rings. The van der Waals surface area contributed by atoms with E-state index in [9.17, 15) is 14.2 Å². The fraction of sp³-hybridized carbons (Fsp3) is 0.556. The molecular weight excluding hydrogens is 249 g/mol. The number of esters is 1. The van der Waals surface area contributed by atoms with Crippen LogP contribution in [0.1, 0.15) is 20.8 Å². The summed E-state index contributed by atoms with van der Waals surface area (Å²) in [6, 6.07) is 0. The summed E-state index contributed by atoms with van der Waals surface area (Å²) in [6.45, 7) is 6.99. The Labute approximate surface area is 99.0 Å². The van der Waals surface area contributed by atoms with Crippen LogP contribution in [-0.2, 0) is 18.9 Å². The second-order valence-electron chi connectivity index (χ2n) is 3.91. The molecule has 0 aliphatic carbocycles. The lowest BCUT2D eigenvalue weighted by atomic mass is 10.1. The van der Waals surface area contributed by atoms with Crippen molar-refractivity contribution >= 4 is 19.5 Å². The van der Waals surface area contributed by atoms with Crippen LogP contribution in [0.4, 0.5) is 0 Å². The van der Waals surface area contributed by atoms with E-state index in [1.54, 1.807) is 0 Å². The van der Waals surface area contributed by atoms with Crippen molar-refractivity contribution in [1.29, 1.82) is 0 Å². The zero-order chi connectivity index (χ0) is 13.9. The van der Waals surface area contributed by atoms with Crippen LogP contribution in [0.15, 0.2) is 12.7 Å². The molecule has 98 valence electrons. The number of hydrogen-bond donors (Lipinski definition) is 3. The SMILES string of the molecule is C=CC(=O)NC(C)(C)C(=O)OC(C)P(=O)(O)O. The second kappa shape index (κ2) is 5.44. The van der Waals surface area contributed by atoms with Crippen molar-refractivity contribution < 1.29 is 28.7 Å². The van der Waals surface area contributed by atoms with E-state index in [4.69, 9.17) is 9.79 Å².